The third kappa shape index (κ3) is 9.96. The first-order valence-corrected chi connectivity index (χ1v) is 10.2. The Bertz CT molecular complexity index is 651. The van der Waals surface area contributed by atoms with Gasteiger partial charge in [-0.05, 0) is 36.4 Å². The Hall–Kier alpha value is -3.02. The van der Waals surface area contributed by atoms with Gasteiger partial charge >= 0.3 is 0 Å². The van der Waals surface area contributed by atoms with E-state index in [1.807, 2.05) is 41.5 Å². The third-order valence-corrected chi connectivity index (χ3v) is 3.25. The Labute approximate surface area is 181 Å². The molecule has 0 aliphatic rings. The van der Waals surface area contributed by atoms with Crippen molar-refractivity contribution in [2.45, 2.75) is 41.5 Å². The number of hydrogen-bond donors (Lipinski definition) is 0. The fourth-order valence-corrected chi connectivity index (χ4v) is 2.06. The van der Waals surface area contributed by atoms with E-state index in [9.17, 15) is 9.59 Å². The second-order valence-electron chi connectivity index (χ2n) is 4.75. The van der Waals surface area contributed by atoms with Crippen LogP contribution >= 0.6 is 0 Å². The molecule has 0 N–H and O–H groups in total. The number of methoxy groups -OCH3 is 2. The van der Waals surface area contributed by atoms with Gasteiger partial charge < -0.3 is 18.9 Å². The molecule has 0 saturated carbocycles. The van der Waals surface area contributed by atoms with Crippen LogP contribution in [0, 0.1) is 0 Å². The van der Waals surface area contributed by atoms with E-state index in [0.717, 1.165) is 12.6 Å². The molecule has 0 aliphatic heterocycles. The van der Waals surface area contributed by atoms with Gasteiger partial charge in [-0.25, -0.2) is 0 Å². The van der Waals surface area contributed by atoms with E-state index >= 15 is 0 Å². The van der Waals surface area contributed by atoms with Crippen molar-refractivity contribution in [3.8, 4) is 23.0 Å². The summed E-state index contributed by atoms with van der Waals surface area (Å²) in [5.74, 6) is 1.97. The average molecular weight is 421 g/mol. The monoisotopic (exact) mass is 420 g/mol. The highest BCUT2D eigenvalue weighted by molar-refractivity contribution is 5.77. The highest BCUT2D eigenvalue weighted by Gasteiger charge is 2.08. The molecule has 0 heterocycles. The molecular weight excluding hydrogens is 384 g/mol. The van der Waals surface area contributed by atoms with Crippen LogP contribution in [0.3, 0.4) is 0 Å². The Balaban J connectivity index is 0. The second-order valence-corrected chi connectivity index (χ2v) is 4.75. The molecule has 6 nitrogen and oxygen atoms in total. The summed E-state index contributed by atoms with van der Waals surface area (Å²) in [7, 11) is 3.05. The van der Waals surface area contributed by atoms with Gasteiger partial charge in [-0.2, -0.15) is 0 Å². The van der Waals surface area contributed by atoms with E-state index in [1.54, 1.807) is 36.4 Å². The number of rotatable bonds is 9. The molecular formula is C24H36O6. The zero-order valence-corrected chi connectivity index (χ0v) is 19.5. The molecule has 0 aliphatic carbocycles. The maximum absolute atomic E-state index is 10.8. The van der Waals surface area contributed by atoms with Gasteiger partial charge in [0.2, 0.25) is 0 Å². The Morgan fingerprint density at radius 2 is 0.933 bits per heavy atom. The second kappa shape index (κ2) is 19.3. The largest absolute Gasteiger partial charge is 0.493 e. The van der Waals surface area contributed by atoms with Crippen LogP contribution < -0.4 is 18.9 Å². The normalized spacial score (nSPS) is 8.53. The van der Waals surface area contributed by atoms with Gasteiger partial charge in [0.25, 0.3) is 0 Å². The summed E-state index contributed by atoms with van der Waals surface area (Å²) < 4.78 is 21.6. The molecule has 0 unspecified atom stereocenters. The molecule has 2 rings (SSSR count). The number of aldehydes is 2. The first-order valence-electron chi connectivity index (χ1n) is 10.2. The molecule has 0 saturated heterocycles. The third-order valence-electron chi connectivity index (χ3n) is 3.25. The van der Waals surface area contributed by atoms with E-state index in [-0.39, 0.29) is 13.2 Å². The van der Waals surface area contributed by atoms with E-state index in [1.165, 1.54) is 14.2 Å². The van der Waals surface area contributed by atoms with Crippen LogP contribution in [0.4, 0.5) is 0 Å². The van der Waals surface area contributed by atoms with E-state index in [4.69, 9.17) is 18.9 Å². The highest BCUT2D eigenvalue weighted by Crippen LogP contribution is 2.29. The summed E-state index contributed by atoms with van der Waals surface area (Å²) in [6.07, 6.45) is 1.47. The standard InChI is InChI=1S/C18H18O6.3C2H6/c1-21-15-5-3-13(11-19)9-17(15)23-7-8-24-18-10-14(12-20)4-6-16(18)22-2;3*1-2/h3-6,9-12H,7-8H2,1-2H3;3*1-2H3. The van der Waals surface area contributed by atoms with Gasteiger partial charge in [0, 0.05) is 11.1 Å². The lowest BCUT2D eigenvalue weighted by Gasteiger charge is -2.13. The van der Waals surface area contributed by atoms with Crippen molar-refractivity contribution in [1.82, 2.24) is 0 Å². The summed E-state index contributed by atoms with van der Waals surface area (Å²) in [5, 5.41) is 0. The Morgan fingerprint density at radius 3 is 1.20 bits per heavy atom. The first-order chi connectivity index (χ1) is 14.7. The molecule has 168 valence electrons. The van der Waals surface area contributed by atoms with Crippen LogP contribution in [-0.2, 0) is 0 Å². The Morgan fingerprint density at radius 1 is 0.600 bits per heavy atom. The summed E-state index contributed by atoms with van der Waals surface area (Å²) in [6, 6.07) is 9.81. The molecule has 30 heavy (non-hydrogen) atoms. The maximum Gasteiger partial charge on any atom is 0.162 e. The van der Waals surface area contributed by atoms with Crippen LogP contribution in [0.5, 0.6) is 23.0 Å². The van der Waals surface area contributed by atoms with Crippen LogP contribution in [0.25, 0.3) is 0 Å². The number of carbonyl (C=O) groups excluding carboxylic acids is 2. The molecule has 0 bridgehead atoms. The molecule has 2 aromatic rings. The predicted octanol–water partition coefficient (Wildman–Crippen LogP) is 5.87. The van der Waals surface area contributed by atoms with Crippen LogP contribution in [0.2, 0.25) is 0 Å². The number of ether oxygens (including phenoxy) is 4. The number of hydrogen-bond acceptors (Lipinski definition) is 6. The van der Waals surface area contributed by atoms with Crippen molar-refractivity contribution in [2.75, 3.05) is 27.4 Å². The van der Waals surface area contributed by atoms with Crippen molar-refractivity contribution in [3.63, 3.8) is 0 Å². The molecule has 0 fully saturated rings. The van der Waals surface area contributed by atoms with Crippen molar-refractivity contribution >= 4 is 12.6 Å². The summed E-state index contributed by atoms with van der Waals surface area (Å²) in [4.78, 5) is 21.7. The van der Waals surface area contributed by atoms with Crippen LogP contribution in [0.1, 0.15) is 62.3 Å². The zero-order valence-electron chi connectivity index (χ0n) is 19.5. The predicted molar refractivity (Wildman–Crippen MR) is 122 cm³/mol. The van der Waals surface area contributed by atoms with E-state index < -0.39 is 0 Å². The van der Waals surface area contributed by atoms with Gasteiger partial charge in [0.1, 0.15) is 25.8 Å². The summed E-state index contributed by atoms with van der Waals surface area (Å²) in [5.41, 5.74) is 0.985. The average Bonchev–Trinajstić information content (AvgIpc) is 2.85. The van der Waals surface area contributed by atoms with E-state index in [0.29, 0.717) is 34.1 Å². The highest BCUT2D eigenvalue weighted by atomic mass is 16.5. The van der Waals surface area contributed by atoms with Crippen molar-refractivity contribution in [3.05, 3.63) is 47.5 Å². The molecule has 6 heteroatoms. The van der Waals surface area contributed by atoms with Gasteiger partial charge in [-0.1, -0.05) is 41.5 Å². The van der Waals surface area contributed by atoms with Crippen LogP contribution in [-0.4, -0.2) is 40.0 Å². The molecule has 0 aromatic heterocycles. The van der Waals surface area contributed by atoms with Crippen LogP contribution in [0.15, 0.2) is 36.4 Å². The van der Waals surface area contributed by atoms with E-state index in [2.05, 4.69) is 0 Å². The zero-order chi connectivity index (χ0) is 23.4. The minimum atomic E-state index is 0.229. The SMILES string of the molecule is CC.CC.CC.COc1ccc(C=O)cc1OCCOc1cc(C=O)ccc1OC. The lowest BCUT2D eigenvalue weighted by molar-refractivity contribution is 0.111. The van der Waals surface area contributed by atoms with Gasteiger partial charge in [0.15, 0.2) is 23.0 Å². The number of benzene rings is 2. The van der Waals surface area contributed by atoms with Crippen molar-refractivity contribution in [1.29, 1.82) is 0 Å². The number of carbonyl (C=O) groups is 2. The fourth-order valence-electron chi connectivity index (χ4n) is 2.06. The molecule has 0 atom stereocenters. The quantitative estimate of drug-likeness (QED) is 0.373. The summed E-state index contributed by atoms with van der Waals surface area (Å²) >= 11 is 0. The van der Waals surface area contributed by atoms with Gasteiger partial charge in [-0.15, -0.1) is 0 Å². The topological polar surface area (TPSA) is 71.1 Å². The molecule has 0 amide bonds. The summed E-state index contributed by atoms with van der Waals surface area (Å²) in [6.45, 7) is 12.5. The van der Waals surface area contributed by atoms with Gasteiger partial charge in [0.05, 0.1) is 14.2 Å². The fraction of sp³-hybridized carbons (Fsp3) is 0.417. The lowest BCUT2D eigenvalue weighted by Crippen LogP contribution is -2.10. The Kier molecular flexibility index (Phi) is 18.8. The maximum atomic E-state index is 10.8. The lowest BCUT2D eigenvalue weighted by atomic mass is 10.2. The molecule has 0 radical (unpaired) electrons. The van der Waals surface area contributed by atoms with Gasteiger partial charge in [-0.3, -0.25) is 9.59 Å². The van der Waals surface area contributed by atoms with Crippen molar-refractivity contribution in [2.24, 2.45) is 0 Å². The minimum absolute atomic E-state index is 0.229. The molecule has 2 aromatic carbocycles. The minimum Gasteiger partial charge on any atom is -0.493 e. The van der Waals surface area contributed by atoms with Crippen molar-refractivity contribution < 1.29 is 28.5 Å². The first kappa shape index (κ1) is 29.2. The smallest absolute Gasteiger partial charge is 0.162 e. The molecule has 0 spiro atoms.